The van der Waals surface area contributed by atoms with Crippen LogP contribution in [0.15, 0.2) is 28.7 Å². The summed E-state index contributed by atoms with van der Waals surface area (Å²) in [5, 5.41) is 0. The predicted molar refractivity (Wildman–Crippen MR) is 78.7 cm³/mol. The maximum Gasteiger partial charge on any atom is 0.0649 e. The Morgan fingerprint density at radius 3 is 2.41 bits per heavy atom. The van der Waals surface area contributed by atoms with Crippen LogP contribution in [-0.4, -0.2) is 0 Å². The number of rotatable bonds is 2. The van der Waals surface area contributed by atoms with Crippen molar-refractivity contribution >= 4 is 27.3 Å². The molecule has 17 heavy (non-hydrogen) atoms. The van der Waals surface area contributed by atoms with Crippen molar-refractivity contribution < 1.29 is 0 Å². The third-order valence-corrected chi connectivity index (χ3v) is 5.16. The second kappa shape index (κ2) is 4.92. The molecule has 3 heteroatoms. The Bertz CT molecular complexity index is 526. The van der Waals surface area contributed by atoms with Crippen LogP contribution in [0, 0.1) is 20.8 Å². The molecule has 1 nitrogen and oxygen atoms in total. The number of hydrogen-bond donors (Lipinski definition) is 1. The lowest BCUT2D eigenvalue weighted by Gasteiger charge is -2.13. The first-order valence-corrected chi connectivity index (χ1v) is 7.18. The molecule has 0 amide bonds. The fraction of sp³-hybridized carbons (Fsp3) is 0.286. The number of halogens is 1. The standard InChI is InChI=1S/C14H16BrNS/c1-8-4-5-11(9(2)6-8)14(16)13-7-12(15)10(3)17-13/h4-7,14H,16H2,1-3H3. The third-order valence-electron chi connectivity index (χ3n) is 2.94. The van der Waals surface area contributed by atoms with Gasteiger partial charge in [0, 0.05) is 14.2 Å². The minimum absolute atomic E-state index is 0.0226. The molecule has 2 rings (SSSR count). The van der Waals surface area contributed by atoms with Crippen molar-refractivity contribution in [3.8, 4) is 0 Å². The minimum Gasteiger partial charge on any atom is -0.320 e. The summed E-state index contributed by atoms with van der Waals surface area (Å²) in [5.74, 6) is 0. The molecule has 1 atom stereocenters. The van der Waals surface area contributed by atoms with Crippen LogP contribution in [0.2, 0.25) is 0 Å². The average molecular weight is 310 g/mol. The van der Waals surface area contributed by atoms with Gasteiger partial charge < -0.3 is 5.73 Å². The van der Waals surface area contributed by atoms with Crippen LogP contribution < -0.4 is 5.73 Å². The van der Waals surface area contributed by atoms with Gasteiger partial charge in [-0.3, -0.25) is 0 Å². The van der Waals surface area contributed by atoms with Crippen LogP contribution >= 0.6 is 27.3 Å². The van der Waals surface area contributed by atoms with Crippen LogP contribution in [0.1, 0.15) is 32.5 Å². The lowest BCUT2D eigenvalue weighted by Crippen LogP contribution is -2.11. The number of benzene rings is 1. The van der Waals surface area contributed by atoms with Crippen molar-refractivity contribution in [3.63, 3.8) is 0 Å². The summed E-state index contributed by atoms with van der Waals surface area (Å²) in [6.45, 7) is 6.33. The molecule has 0 saturated heterocycles. The largest absolute Gasteiger partial charge is 0.320 e. The van der Waals surface area contributed by atoms with E-state index in [1.54, 1.807) is 11.3 Å². The monoisotopic (exact) mass is 309 g/mol. The first-order valence-electron chi connectivity index (χ1n) is 5.57. The van der Waals surface area contributed by atoms with Crippen molar-refractivity contribution in [2.24, 2.45) is 5.73 Å². The molecule has 0 bridgehead atoms. The van der Waals surface area contributed by atoms with Gasteiger partial charge in [-0.05, 0) is 53.9 Å². The summed E-state index contributed by atoms with van der Waals surface area (Å²) in [4.78, 5) is 2.49. The number of aryl methyl sites for hydroxylation is 3. The molecule has 0 spiro atoms. The van der Waals surface area contributed by atoms with Gasteiger partial charge in [-0.25, -0.2) is 0 Å². The summed E-state index contributed by atoms with van der Waals surface area (Å²) in [7, 11) is 0. The zero-order valence-corrected chi connectivity index (χ0v) is 12.7. The molecule has 0 aliphatic rings. The van der Waals surface area contributed by atoms with E-state index in [1.807, 2.05) is 0 Å². The van der Waals surface area contributed by atoms with Gasteiger partial charge in [-0.15, -0.1) is 11.3 Å². The van der Waals surface area contributed by atoms with Crippen molar-refractivity contribution in [2.75, 3.05) is 0 Å². The Morgan fingerprint density at radius 1 is 1.18 bits per heavy atom. The molecule has 0 fully saturated rings. The molecule has 0 aliphatic heterocycles. The van der Waals surface area contributed by atoms with Gasteiger partial charge >= 0.3 is 0 Å². The Morgan fingerprint density at radius 2 is 1.88 bits per heavy atom. The highest BCUT2D eigenvalue weighted by molar-refractivity contribution is 9.10. The SMILES string of the molecule is Cc1ccc(C(N)c2cc(Br)c(C)s2)c(C)c1. The third kappa shape index (κ3) is 2.62. The Hall–Kier alpha value is -0.640. The van der Waals surface area contributed by atoms with Gasteiger partial charge in [-0.2, -0.15) is 0 Å². The van der Waals surface area contributed by atoms with Crippen LogP contribution in [0.5, 0.6) is 0 Å². The molecule has 0 saturated carbocycles. The van der Waals surface area contributed by atoms with E-state index >= 15 is 0 Å². The van der Waals surface area contributed by atoms with E-state index in [4.69, 9.17) is 5.73 Å². The van der Waals surface area contributed by atoms with E-state index in [0.29, 0.717) is 0 Å². The van der Waals surface area contributed by atoms with Crippen molar-refractivity contribution in [3.05, 3.63) is 55.2 Å². The van der Waals surface area contributed by atoms with Crippen molar-refractivity contribution in [1.29, 1.82) is 0 Å². The quantitative estimate of drug-likeness (QED) is 0.869. The van der Waals surface area contributed by atoms with Crippen LogP contribution in [0.4, 0.5) is 0 Å². The molecule has 0 aliphatic carbocycles. The maximum absolute atomic E-state index is 6.34. The van der Waals surface area contributed by atoms with E-state index in [0.717, 1.165) is 4.47 Å². The fourth-order valence-corrected chi connectivity index (χ4v) is 3.54. The highest BCUT2D eigenvalue weighted by Gasteiger charge is 2.14. The first-order chi connectivity index (χ1) is 7.99. The topological polar surface area (TPSA) is 26.0 Å². The predicted octanol–water partition coefficient (Wildman–Crippen LogP) is 4.48. The van der Waals surface area contributed by atoms with Gasteiger partial charge in [-0.1, -0.05) is 23.8 Å². The van der Waals surface area contributed by atoms with E-state index in [9.17, 15) is 0 Å². The smallest absolute Gasteiger partial charge is 0.0649 e. The highest BCUT2D eigenvalue weighted by Crippen LogP contribution is 2.33. The molecule has 0 radical (unpaired) electrons. The lowest BCUT2D eigenvalue weighted by atomic mass is 9.99. The molecule has 2 N–H and O–H groups in total. The number of thiophene rings is 1. The minimum atomic E-state index is -0.0226. The highest BCUT2D eigenvalue weighted by atomic mass is 79.9. The molecule has 2 aromatic rings. The van der Waals surface area contributed by atoms with Gasteiger partial charge in [0.25, 0.3) is 0 Å². The Labute approximate surface area is 115 Å². The second-order valence-corrected chi connectivity index (χ2v) is 6.53. The van der Waals surface area contributed by atoms with E-state index in [-0.39, 0.29) is 6.04 Å². The normalized spacial score (nSPS) is 12.8. The molecule has 90 valence electrons. The van der Waals surface area contributed by atoms with Crippen molar-refractivity contribution in [2.45, 2.75) is 26.8 Å². The Kier molecular flexibility index (Phi) is 3.71. The van der Waals surface area contributed by atoms with Gasteiger partial charge in [0.05, 0.1) is 6.04 Å². The summed E-state index contributed by atoms with van der Waals surface area (Å²) in [6.07, 6.45) is 0. The maximum atomic E-state index is 6.34. The second-order valence-electron chi connectivity index (χ2n) is 4.39. The molecule has 1 aromatic carbocycles. The Balaban J connectivity index is 2.39. The molecule has 1 aromatic heterocycles. The molecular formula is C14H16BrNS. The number of nitrogens with two attached hydrogens (primary N) is 1. The van der Waals surface area contributed by atoms with Gasteiger partial charge in [0.1, 0.15) is 0 Å². The van der Waals surface area contributed by atoms with E-state index in [1.165, 1.54) is 26.4 Å². The molecular weight excluding hydrogens is 294 g/mol. The average Bonchev–Trinajstić information content (AvgIpc) is 2.58. The van der Waals surface area contributed by atoms with E-state index < -0.39 is 0 Å². The molecule has 1 heterocycles. The summed E-state index contributed by atoms with van der Waals surface area (Å²) in [5.41, 5.74) is 10.1. The number of hydrogen-bond acceptors (Lipinski definition) is 2. The van der Waals surface area contributed by atoms with Gasteiger partial charge in [0.15, 0.2) is 0 Å². The van der Waals surface area contributed by atoms with Crippen LogP contribution in [-0.2, 0) is 0 Å². The zero-order valence-electron chi connectivity index (χ0n) is 10.3. The zero-order chi connectivity index (χ0) is 12.6. The molecule has 1 unspecified atom stereocenters. The lowest BCUT2D eigenvalue weighted by molar-refractivity contribution is 0.881. The van der Waals surface area contributed by atoms with Crippen LogP contribution in [0.3, 0.4) is 0 Å². The van der Waals surface area contributed by atoms with E-state index in [2.05, 4.69) is 61.0 Å². The summed E-state index contributed by atoms with van der Waals surface area (Å²) >= 11 is 5.30. The summed E-state index contributed by atoms with van der Waals surface area (Å²) in [6, 6.07) is 8.55. The summed E-state index contributed by atoms with van der Waals surface area (Å²) < 4.78 is 1.15. The fourth-order valence-electron chi connectivity index (χ4n) is 1.96. The van der Waals surface area contributed by atoms with Crippen LogP contribution in [0.25, 0.3) is 0 Å². The van der Waals surface area contributed by atoms with Crippen molar-refractivity contribution in [1.82, 2.24) is 0 Å². The first kappa shape index (κ1) is 12.8. The van der Waals surface area contributed by atoms with Gasteiger partial charge in [0.2, 0.25) is 0 Å².